The molecule has 3 atom stereocenters. The molecule has 0 amide bonds. The van der Waals surface area contributed by atoms with Gasteiger partial charge in [-0.2, -0.15) is 0 Å². The van der Waals surface area contributed by atoms with E-state index in [4.69, 9.17) is 19.3 Å². The molecule has 1 heterocycles. The van der Waals surface area contributed by atoms with Gasteiger partial charge in [0.15, 0.2) is 5.79 Å². The molecule has 0 aromatic carbocycles. The summed E-state index contributed by atoms with van der Waals surface area (Å²) < 4.78 is 17.0. The molecule has 2 aliphatic rings. The SMILES string of the molecule is CC1(C)OC2CC[C@H](OCCO)C2O1. The van der Waals surface area contributed by atoms with Gasteiger partial charge in [-0.25, -0.2) is 0 Å². The minimum Gasteiger partial charge on any atom is -0.394 e. The van der Waals surface area contributed by atoms with E-state index < -0.39 is 5.79 Å². The minimum absolute atomic E-state index is 0.0524. The van der Waals surface area contributed by atoms with Gasteiger partial charge < -0.3 is 19.3 Å². The van der Waals surface area contributed by atoms with Crippen LogP contribution in [0.1, 0.15) is 26.7 Å². The van der Waals surface area contributed by atoms with Crippen LogP contribution in [0.5, 0.6) is 0 Å². The van der Waals surface area contributed by atoms with Gasteiger partial charge in [-0.05, 0) is 26.7 Å². The molecule has 1 aliphatic carbocycles. The van der Waals surface area contributed by atoms with Crippen LogP contribution in [0.3, 0.4) is 0 Å². The van der Waals surface area contributed by atoms with Crippen molar-refractivity contribution in [3.63, 3.8) is 0 Å². The molecule has 1 saturated heterocycles. The van der Waals surface area contributed by atoms with Gasteiger partial charge in [0.2, 0.25) is 0 Å². The van der Waals surface area contributed by atoms with Crippen LogP contribution in [-0.4, -0.2) is 42.4 Å². The van der Waals surface area contributed by atoms with Crippen molar-refractivity contribution in [3.8, 4) is 0 Å². The predicted octanol–water partition coefficient (Wildman–Crippen LogP) is 0.678. The molecule has 2 unspecified atom stereocenters. The number of hydrogen-bond donors (Lipinski definition) is 1. The number of aliphatic hydroxyl groups is 1. The van der Waals surface area contributed by atoms with Crippen molar-refractivity contribution in [1.29, 1.82) is 0 Å². The first-order valence-electron chi connectivity index (χ1n) is 5.20. The lowest BCUT2D eigenvalue weighted by molar-refractivity contribution is -0.166. The largest absolute Gasteiger partial charge is 0.394 e. The predicted molar refractivity (Wildman–Crippen MR) is 49.9 cm³/mol. The Balaban J connectivity index is 1.91. The molecule has 2 fully saturated rings. The number of fused-ring (bicyclic) bond motifs is 1. The lowest BCUT2D eigenvalue weighted by Gasteiger charge is -2.21. The molecule has 0 aromatic rings. The molecule has 82 valence electrons. The van der Waals surface area contributed by atoms with Gasteiger partial charge in [-0.3, -0.25) is 0 Å². The average molecular weight is 202 g/mol. The van der Waals surface area contributed by atoms with E-state index in [0.717, 1.165) is 12.8 Å². The zero-order chi connectivity index (χ0) is 10.2. The smallest absolute Gasteiger partial charge is 0.163 e. The van der Waals surface area contributed by atoms with Crippen molar-refractivity contribution in [2.45, 2.75) is 50.8 Å². The summed E-state index contributed by atoms with van der Waals surface area (Å²) in [5.74, 6) is -0.476. The fourth-order valence-electron chi connectivity index (χ4n) is 2.28. The highest BCUT2D eigenvalue weighted by Crippen LogP contribution is 2.39. The Morgan fingerprint density at radius 2 is 2.14 bits per heavy atom. The van der Waals surface area contributed by atoms with E-state index in [-0.39, 0.29) is 24.9 Å². The zero-order valence-corrected chi connectivity index (χ0v) is 8.73. The second kappa shape index (κ2) is 3.77. The maximum Gasteiger partial charge on any atom is 0.163 e. The Morgan fingerprint density at radius 1 is 1.36 bits per heavy atom. The number of hydrogen-bond acceptors (Lipinski definition) is 4. The van der Waals surface area contributed by atoms with E-state index >= 15 is 0 Å². The van der Waals surface area contributed by atoms with E-state index in [2.05, 4.69) is 0 Å². The summed E-state index contributed by atoms with van der Waals surface area (Å²) in [6.07, 6.45) is 2.27. The lowest BCUT2D eigenvalue weighted by Crippen LogP contribution is -2.31. The van der Waals surface area contributed by atoms with E-state index in [0.29, 0.717) is 6.61 Å². The summed E-state index contributed by atoms with van der Waals surface area (Å²) in [4.78, 5) is 0. The third-order valence-corrected chi connectivity index (χ3v) is 2.75. The van der Waals surface area contributed by atoms with Gasteiger partial charge in [0.25, 0.3) is 0 Å². The van der Waals surface area contributed by atoms with Gasteiger partial charge in [-0.1, -0.05) is 0 Å². The molecule has 0 radical (unpaired) electrons. The Bertz CT molecular complexity index is 204. The fourth-order valence-corrected chi connectivity index (χ4v) is 2.28. The third-order valence-electron chi connectivity index (χ3n) is 2.75. The van der Waals surface area contributed by atoms with Gasteiger partial charge in [0.05, 0.1) is 25.4 Å². The maximum atomic E-state index is 8.67. The molecule has 4 nitrogen and oxygen atoms in total. The molecular formula is C10H18O4. The normalized spacial score (nSPS) is 40.1. The van der Waals surface area contributed by atoms with Crippen LogP contribution in [0, 0.1) is 0 Å². The van der Waals surface area contributed by atoms with Gasteiger partial charge in [0, 0.05) is 0 Å². The molecule has 0 spiro atoms. The topological polar surface area (TPSA) is 47.9 Å². The van der Waals surface area contributed by atoms with Crippen molar-refractivity contribution < 1.29 is 19.3 Å². The second-order valence-electron chi connectivity index (χ2n) is 4.35. The summed E-state index contributed by atoms with van der Waals surface area (Å²) in [7, 11) is 0. The monoisotopic (exact) mass is 202 g/mol. The van der Waals surface area contributed by atoms with Crippen molar-refractivity contribution in [1.82, 2.24) is 0 Å². The average Bonchev–Trinajstić information content (AvgIpc) is 2.57. The highest BCUT2D eigenvalue weighted by Gasteiger charge is 2.49. The Labute approximate surface area is 84.1 Å². The van der Waals surface area contributed by atoms with Crippen LogP contribution in [0.4, 0.5) is 0 Å². The molecule has 0 bridgehead atoms. The maximum absolute atomic E-state index is 8.67. The van der Waals surface area contributed by atoms with Crippen LogP contribution in [0.25, 0.3) is 0 Å². The van der Waals surface area contributed by atoms with Crippen LogP contribution in [0.15, 0.2) is 0 Å². The minimum atomic E-state index is -0.476. The second-order valence-corrected chi connectivity index (χ2v) is 4.35. The quantitative estimate of drug-likeness (QED) is 0.731. The molecule has 1 saturated carbocycles. The first-order valence-corrected chi connectivity index (χ1v) is 5.20. The van der Waals surface area contributed by atoms with Crippen molar-refractivity contribution in [2.75, 3.05) is 13.2 Å². The summed E-state index contributed by atoms with van der Waals surface area (Å²) in [5, 5.41) is 8.67. The molecule has 0 aromatic heterocycles. The van der Waals surface area contributed by atoms with Crippen LogP contribution in [-0.2, 0) is 14.2 Å². The van der Waals surface area contributed by atoms with E-state index in [1.54, 1.807) is 0 Å². The van der Waals surface area contributed by atoms with Gasteiger partial charge >= 0.3 is 0 Å². The first kappa shape index (κ1) is 10.4. The molecule has 14 heavy (non-hydrogen) atoms. The third kappa shape index (κ3) is 1.93. The zero-order valence-electron chi connectivity index (χ0n) is 8.73. The Kier molecular flexibility index (Phi) is 2.79. The Hall–Kier alpha value is -0.160. The highest BCUT2D eigenvalue weighted by molar-refractivity contribution is 4.93. The van der Waals surface area contributed by atoms with Crippen molar-refractivity contribution in [2.24, 2.45) is 0 Å². The fraction of sp³-hybridized carbons (Fsp3) is 1.00. The summed E-state index contributed by atoms with van der Waals surface area (Å²) in [6, 6.07) is 0. The summed E-state index contributed by atoms with van der Waals surface area (Å²) >= 11 is 0. The van der Waals surface area contributed by atoms with E-state index in [1.807, 2.05) is 13.8 Å². The molecular weight excluding hydrogens is 184 g/mol. The van der Waals surface area contributed by atoms with Crippen LogP contribution < -0.4 is 0 Å². The van der Waals surface area contributed by atoms with Crippen LogP contribution in [0.2, 0.25) is 0 Å². The molecule has 1 N–H and O–H groups in total. The lowest BCUT2D eigenvalue weighted by atomic mass is 10.2. The van der Waals surface area contributed by atoms with Crippen molar-refractivity contribution in [3.05, 3.63) is 0 Å². The van der Waals surface area contributed by atoms with E-state index in [9.17, 15) is 0 Å². The summed E-state index contributed by atoms with van der Waals surface area (Å²) in [6.45, 7) is 4.30. The first-order chi connectivity index (χ1) is 6.62. The number of ether oxygens (including phenoxy) is 3. The van der Waals surface area contributed by atoms with Crippen molar-refractivity contribution >= 4 is 0 Å². The van der Waals surface area contributed by atoms with Crippen LogP contribution >= 0.6 is 0 Å². The molecule has 2 rings (SSSR count). The molecule has 1 aliphatic heterocycles. The number of rotatable bonds is 3. The summed E-state index contributed by atoms with van der Waals surface area (Å²) in [5.41, 5.74) is 0. The highest BCUT2D eigenvalue weighted by atomic mass is 16.8. The number of aliphatic hydroxyl groups excluding tert-OH is 1. The Morgan fingerprint density at radius 3 is 2.86 bits per heavy atom. The molecule has 4 heteroatoms. The van der Waals surface area contributed by atoms with E-state index in [1.165, 1.54) is 0 Å². The standard InChI is InChI=1S/C10H18O4/c1-10(2)13-8-4-3-7(9(8)14-10)12-6-5-11/h7-9,11H,3-6H2,1-2H3/t7-,8?,9?/m0/s1. The van der Waals surface area contributed by atoms with Gasteiger partial charge in [0.1, 0.15) is 6.10 Å². The van der Waals surface area contributed by atoms with Gasteiger partial charge in [-0.15, -0.1) is 0 Å².